The summed E-state index contributed by atoms with van der Waals surface area (Å²) in [6.07, 6.45) is -1.69. The molecule has 32 heavy (non-hydrogen) atoms. The Labute approximate surface area is 192 Å². The maximum Gasteiger partial charge on any atom is 0.435 e. The van der Waals surface area contributed by atoms with Crippen LogP contribution in [0.1, 0.15) is 53.9 Å². The molecule has 0 atom stereocenters. The number of hydrogen-bond donors (Lipinski definition) is 1. The number of thiophene rings is 1. The molecule has 2 aliphatic rings. The molecule has 174 valence electrons. The monoisotopic (exact) mass is 489 g/mol. The first-order valence-corrected chi connectivity index (χ1v) is 11.7. The Kier molecular flexibility index (Phi) is 6.53. The van der Waals surface area contributed by atoms with Gasteiger partial charge in [0.25, 0.3) is 0 Å². The quantitative estimate of drug-likeness (QED) is 0.652. The molecular weight excluding hydrogens is 467 g/mol. The summed E-state index contributed by atoms with van der Waals surface area (Å²) >= 11 is 7.24. The molecule has 2 aromatic rings. The van der Waals surface area contributed by atoms with Gasteiger partial charge in [-0.1, -0.05) is 11.6 Å². The Morgan fingerprint density at radius 2 is 1.94 bits per heavy atom. The van der Waals surface area contributed by atoms with E-state index in [4.69, 9.17) is 16.7 Å². The topological polar surface area (TPSA) is 75.4 Å². The van der Waals surface area contributed by atoms with Crippen LogP contribution in [0.2, 0.25) is 4.34 Å². The van der Waals surface area contributed by atoms with Crippen LogP contribution in [0.15, 0.2) is 12.1 Å². The summed E-state index contributed by atoms with van der Waals surface area (Å²) in [6.45, 7) is 0.466. The number of amides is 1. The Bertz CT molecular complexity index is 1010. The zero-order valence-corrected chi connectivity index (χ0v) is 18.8. The standard InChI is InChI=1S/C21H23ClF3N3O3S/c22-17-6-5-14(32-17)10-28-16-11-27(8-7-15(16)19(26-28)21(23,24)25)18(29)9-12-1-3-13(4-2-12)20(30)31/h5-6,12-13H,1-4,7-11H2,(H,30,31)/t12-,13+. The summed E-state index contributed by atoms with van der Waals surface area (Å²) in [6, 6.07) is 3.45. The van der Waals surface area contributed by atoms with E-state index in [0.29, 0.717) is 42.1 Å². The Hall–Kier alpha value is -2.07. The first-order chi connectivity index (χ1) is 15.1. The molecule has 0 unspecified atom stereocenters. The number of carboxylic acid groups (broad SMARTS) is 1. The predicted molar refractivity (Wildman–Crippen MR) is 112 cm³/mol. The van der Waals surface area contributed by atoms with E-state index in [0.717, 1.165) is 4.88 Å². The number of carbonyl (C=O) groups is 2. The van der Waals surface area contributed by atoms with E-state index in [1.165, 1.54) is 16.0 Å². The number of aromatic nitrogens is 2. The van der Waals surface area contributed by atoms with Crippen molar-refractivity contribution in [1.29, 1.82) is 0 Å². The number of hydrogen-bond acceptors (Lipinski definition) is 4. The third-order valence-corrected chi connectivity index (χ3v) is 7.57. The third-order valence-electron chi connectivity index (χ3n) is 6.35. The van der Waals surface area contributed by atoms with Gasteiger partial charge in [-0.05, 0) is 50.2 Å². The fraction of sp³-hybridized carbons (Fsp3) is 0.571. The largest absolute Gasteiger partial charge is 0.481 e. The maximum absolute atomic E-state index is 13.6. The zero-order valence-electron chi connectivity index (χ0n) is 17.2. The van der Waals surface area contributed by atoms with Crippen LogP contribution in [0.4, 0.5) is 13.2 Å². The molecule has 1 saturated carbocycles. The van der Waals surface area contributed by atoms with Crippen molar-refractivity contribution in [3.05, 3.63) is 38.3 Å². The lowest BCUT2D eigenvalue weighted by molar-refractivity contribution is -0.143. The zero-order chi connectivity index (χ0) is 23.0. The van der Waals surface area contributed by atoms with Gasteiger partial charge in [0.2, 0.25) is 5.91 Å². The second kappa shape index (κ2) is 9.05. The highest BCUT2D eigenvalue weighted by Gasteiger charge is 2.41. The molecule has 0 spiro atoms. The van der Waals surface area contributed by atoms with Gasteiger partial charge < -0.3 is 10.0 Å². The van der Waals surface area contributed by atoms with Gasteiger partial charge in [-0.3, -0.25) is 14.3 Å². The van der Waals surface area contributed by atoms with Crippen LogP contribution >= 0.6 is 22.9 Å². The molecule has 0 radical (unpaired) electrons. The predicted octanol–water partition coefficient (Wildman–Crippen LogP) is 4.83. The van der Waals surface area contributed by atoms with Gasteiger partial charge in [0.15, 0.2) is 5.69 Å². The SMILES string of the molecule is O=C(C[C@H]1CC[C@@H](C(=O)O)CC1)N1CCc2c(C(F)(F)F)nn(Cc3ccc(Cl)s3)c2C1. The van der Waals surface area contributed by atoms with Crippen molar-refractivity contribution < 1.29 is 27.9 Å². The van der Waals surface area contributed by atoms with Crippen molar-refractivity contribution in [2.75, 3.05) is 6.54 Å². The van der Waals surface area contributed by atoms with Crippen LogP contribution in [0.5, 0.6) is 0 Å². The van der Waals surface area contributed by atoms with Gasteiger partial charge >= 0.3 is 12.1 Å². The summed E-state index contributed by atoms with van der Waals surface area (Å²) in [7, 11) is 0. The molecule has 6 nitrogen and oxygen atoms in total. The van der Waals surface area contributed by atoms with E-state index in [9.17, 15) is 22.8 Å². The van der Waals surface area contributed by atoms with Crippen molar-refractivity contribution in [3.63, 3.8) is 0 Å². The molecule has 0 aromatic carbocycles. The molecule has 0 bridgehead atoms. The van der Waals surface area contributed by atoms with E-state index in [1.807, 2.05) is 0 Å². The van der Waals surface area contributed by atoms with Gasteiger partial charge in [0, 0.05) is 23.4 Å². The van der Waals surface area contributed by atoms with Crippen LogP contribution in [0.3, 0.4) is 0 Å². The fourth-order valence-corrected chi connectivity index (χ4v) is 5.70. The van der Waals surface area contributed by atoms with Crippen molar-refractivity contribution >= 4 is 34.8 Å². The molecule has 1 amide bonds. The number of fused-ring (bicyclic) bond motifs is 1. The lowest BCUT2D eigenvalue weighted by atomic mass is 9.80. The highest BCUT2D eigenvalue weighted by Crippen LogP contribution is 2.37. The molecular formula is C21H23ClF3N3O3S. The Morgan fingerprint density at radius 3 is 2.53 bits per heavy atom. The summed E-state index contributed by atoms with van der Waals surface area (Å²) in [4.78, 5) is 26.4. The Morgan fingerprint density at radius 1 is 1.22 bits per heavy atom. The average Bonchev–Trinajstić information content (AvgIpc) is 3.31. The smallest absolute Gasteiger partial charge is 0.435 e. The van der Waals surface area contributed by atoms with Crippen molar-refractivity contribution in [3.8, 4) is 0 Å². The molecule has 2 aromatic heterocycles. The van der Waals surface area contributed by atoms with E-state index in [-0.39, 0.29) is 49.4 Å². The van der Waals surface area contributed by atoms with Gasteiger partial charge in [0.1, 0.15) is 0 Å². The first kappa shape index (κ1) is 23.1. The highest BCUT2D eigenvalue weighted by atomic mass is 35.5. The number of aliphatic carboxylic acids is 1. The lowest BCUT2D eigenvalue weighted by Gasteiger charge is -2.31. The van der Waals surface area contributed by atoms with Crippen molar-refractivity contribution in [1.82, 2.24) is 14.7 Å². The average molecular weight is 490 g/mol. The van der Waals surface area contributed by atoms with Crippen molar-refractivity contribution in [2.24, 2.45) is 11.8 Å². The number of halogens is 4. The second-order valence-electron chi connectivity index (χ2n) is 8.46. The summed E-state index contributed by atoms with van der Waals surface area (Å²) < 4.78 is 42.6. The van der Waals surface area contributed by atoms with Crippen LogP contribution in [-0.2, 0) is 35.3 Å². The van der Waals surface area contributed by atoms with Gasteiger partial charge in [-0.25, -0.2) is 0 Å². The van der Waals surface area contributed by atoms with E-state index in [2.05, 4.69) is 5.10 Å². The number of carbonyl (C=O) groups excluding carboxylic acids is 1. The minimum absolute atomic E-state index is 0.0842. The number of nitrogens with zero attached hydrogens (tertiary/aromatic N) is 3. The lowest BCUT2D eigenvalue weighted by Crippen LogP contribution is -2.38. The van der Waals surface area contributed by atoms with Crippen LogP contribution in [0.25, 0.3) is 0 Å². The normalized spacial score (nSPS) is 21.4. The molecule has 1 aliphatic carbocycles. The van der Waals surface area contributed by atoms with Crippen LogP contribution < -0.4 is 0 Å². The summed E-state index contributed by atoms with van der Waals surface area (Å²) in [5.74, 6) is -1.13. The Balaban J connectivity index is 1.48. The van der Waals surface area contributed by atoms with E-state index >= 15 is 0 Å². The molecule has 4 rings (SSSR count). The minimum Gasteiger partial charge on any atom is -0.481 e. The first-order valence-electron chi connectivity index (χ1n) is 10.5. The van der Waals surface area contributed by atoms with Gasteiger partial charge in [-0.15, -0.1) is 11.3 Å². The molecule has 1 aliphatic heterocycles. The van der Waals surface area contributed by atoms with Crippen molar-refractivity contribution in [2.45, 2.75) is 57.8 Å². The summed E-state index contributed by atoms with van der Waals surface area (Å²) in [5.41, 5.74) is -0.309. The molecule has 11 heteroatoms. The van der Waals surface area contributed by atoms with Gasteiger partial charge in [-0.2, -0.15) is 18.3 Å². The minimum atomic E-state index is -4.56. The second-order valence-corrected chi connectivity index (χ2v) is 10.3. The number of carboxylic acids is 1. The van der Waals surface area contributed by atoms with Crippen LogP contribution in [-0.4, -0.2) is 38.2 Å². The van der Waals surface area contributed by atoms with Crippen LogP contribution in [0, 0.1) is 11.8 Å². The molecule has 1 fully saturated rings. The molecule has 1 N–H and O–H groups in total. The number of rotatable bonds is 5. The third kappa shape index (κ3) is 4.96. The van der Waals surface area contributed by atoms with E-state index in [1.54, 1.807) is 17.0 Å². The highest BCUT2D eigenvalue weighted by molar-refractivity contribution is 7.16. The fourth-order valence-electron chi connectivity index (χ4n) is 4.63. The van der Waals surface area contributed by atoms with Gasteiger partial charge in [0.05, 0.1) is 29.0 Å². The van der Waals surface area contributed by atoms with E-state index < -0.39 is 17.8 Å². The number of alkyl halides is 3. The summed E-state index contributed by atoms with van der Waals surface area (Å²) in [5, 5.41) is 13.0. The maximum atomic E-state index is 13.6. The molecule has 0 saturated heterocycles. The molecule has 3 heterocycles.